The van der Waals surface area contributed by atoms with Crippen LogP contribution < -0.4 is 4.72 Å². The normalized spacial score (nSPS) is 11.8. The van der Waals surface area contributed by atoms with Crippen molar-refractivity contribution in [3.05, 3.63) is 57.8 Å². The van der Waals surface area contributed by atoms with Crippen molar-refractivity contribution < 1.29 is 13.3 Å². The van der Waals surface area contributed by atoms with Crippen LogP contribution in [0.4, 0.5) is 5.69 Å². The first kappa shape index (κ1) is 14.6. The predicted octanol–water partition coefficient (Wildman–Crippen LogP) is 1.78. The number of sulfonamides is 1. The fourth-order valence-electron chi connectivity index (χ4n) is 1.88. The van der Waals surface area contributed by atoms with Crippen LogP contribution in [0, 0.1) is 10.1 Å². The number of imidazole rings is 1. The van der Waals surface area contributed by atoms with Crippen LogP contribution in [0.15, 0.2) is 46.9 Å². The number of rotatable bonds is 5. The van der Waals surface area contributed by atoms with Gasteiger partial charge in [-0.2, -0.15) is 0 Å². The highest BCUT2D eigenvalue weighted by molar-refractivity contribution is 7.89. The first-order chi connectivity index (χ1) is 10.5. The maximum atomic E-state index is 12.2. The molecule has 114 valence electrons. The lowest BCUT2D eigenvalue weighted by atomic mass is 10.3. The maximum Gasteiger partial charge on any atom is 0.270 e. The molecule has 0 aliphatic carbocycles. The molecular weight excluding hydrogens is 328 g/mol. The Hall–Kier alpha value is -2.30. The van der Waals surface area contributed by atoms with E-state index in [1.807, 2.05) is 11.6 Å². The van der Waals surface area contributed by atoms with E-state index in [1.165, 1.54) is 29.5 Å². The van der Waals surface area contributed by atoms with Gasteiger partial charge in [0, 0.05) is 29.9 Å². The average molecular weight is 338 g/mol. The van der Waals surface area contributed by atoms with E-state index in [0.717, 1.165) is 11.0 Å². The number of nitrogens with zero attached hydrogens (tertiary/aromatic N) is 3. The Morgan fingerprint density at radius 1 is 1.41 bits per heavy atom. The molecule has 0 amide bonds. The van der Waals surface area contributed by atoms with Crippen molar-refractivity contribution in [3.63, 3.8) is 0 Å². The first-order valence-corrected chi connectivity index (χ1v) is 8.47. The van der Waals surface area contributed by atoms with Crippen LogP contribution in [0.25, 0.3) is 4.96 Å². The second kappa shape index (κ2) is 5.48. The fraction of sp³-hybridized carbons (Fsp3) is 0.0833. The molecule has 2 heterocycles. The lowest BCUT2D eigenvalue weighted by Crippen LogP contribution is -2.23. The quantitative estimate of drug-likeness (QED) is 0.564. The molecule has 0 atom stereocenters. The Bertz CT molecular complexity index is 916. The second-order valence-corrected chi connectivity index (χ2v) is 7.04. The molecule has 0 aliphatic rings. The van der Waals surface area contributed by atoms with Crippen LogP contribution in [0.3, 0.4) is 0 Å². The summed E-state index contributed by atoms with van der Waals surface area (Å²) in [6.45, 7) is 0.0133. The first-order valence-electron chi connectivity index (χ1n) is 6.11. The molecule has 2 aromatic heterocycles. The lowest BCUT2D eigenvalue weighted by Gasteiger charge is -2.05. The summed E-state index contributed by atoms with van der Waals surface area (Å²) in [6, 6.07) is 4.90. The smallest absolute Gasteiger partial charge is 0.270 e. The summed E-state index contributed by atoms with van der Waals surface area (Å²) in [5.74, 6) is 0. The van der Waals surface area contributed by atoms with Gasteiger partial charge >= 0.3 is 0 Å². The molecule has 10 heteroatoms. The van der Waals surface area contributed by atoms with E-state index >= 15 is 0 Å². The number of nitrogens with one attached hydrogen (secondary N) is 1. The van der Waals surface area contributed by atoms with E-state index in [1.54, 1.807) is 10.6 Å². The zero-order valence-electron chi connectivity index (χ0n) is 11.0. The van der Waals surface area contributed by atoms with Crippen molar-refractivity contribution in [2.75, 3.05) is 0 Å². The van der Waals surface area contributed by atoms with E-state index < -0.39 is 14.9 Å². The van der Waals surface area contributed by atoms with Crippen LogP contribution in [-0.2, 0) is 16.6 Å². The number of nitro benzene ring substituents is 1. The largest absolute Gasteiger partial charge is 0.297 e. The van der Waals surface area contributed by atoms with E-state index in [2.05, 4.69) is 9.71 Å². The number of thiazole rings is 1. The molecule has 0 saturated carbocycles. The number of nitro groups is 1. The third kappa shape index (κ3) is 2.84. The second-order valence-electron chi connectivity index (χ2n) is 4.40. The zero-order chi connectivity index (χ0) is 15.7. The molecule has 0 fully saturated rings. The molecule has 8 nitrogen and oxygen atoms in total. The van der Waals surface area contributed by atoms with Gasteiger partial charge in [-0.05, 0) is 6.07 Å². The van der Waals surface area contributed by atoms with Gasteiger partial charge in [0.2, 0.25) is 10.0 Å². The highest BCUT2D eigenvalue weighted by atomic mass is 32.2. The summed E-state index contributed by atoms with van der Waals surface area (Å²) in [5.41, 5.74) is 0.297. The van der Waals surface area contributed by atoms with Crippen LogP contribution in [0.5, 0.6) is 0 Å². The Morgan fingerprint density at radius 3 is 2.95 bits per heavy atom. The molecule has 0 spiro atoms. The molecule has 3 rings (SSSR count). The van der Waals surface area contributed by atoms with E-state index in [4.69, 9.17) is 0 Å². The molecule has 0 aliphatic heterocycles. The van der Waals surface area contributed by atoms with Crippen molar-refractivity contribution in [1.82, 2.24) is 14.1 Å². The summed E-state index contributed by atoms with van der Waals surface area (Å²) in [4.78, 5) is 15.0. The monoisotopic (exact) mass is 338 g/mol. The molecule has 22 heavy (non-hydrogen) atoms. The van der Waals surface area contributed by atoms with Gasteiger partial charge < -0.3 is 0 Å². The van der Waals surface area contributed by atoms with Crippen LogP contribution in [0.2, 0.25) is 0 Å². The topological polar surface area (TPSA) is 107 Å². The molecule has 0 saturated heterocycles. The summed E-state index contributed by atoms with van der Waals surface area (Å²) in [7, 11) is -3.84. The van der Waals surface area contributed by atoms with Crippen molar-refractivity contribution >= 4 is 32.0 Å². The van der Waals surface area contributed by atoms with Gasteiger partial charge in [-0.15, -0.1) is 11.3 Å². The molecule has 1 N–H and O–H groups in total. The van der Waals surface area contributed by atoms with Gasteiger partial charge in [0.25, 0.3) is 5.69 Å². The molecule has 0 bridgehead atoms. The van der Waals surface area contributed by atoms with Crippen molar-refractivity contribution in [2.24, 2.45) is 0 Å². The maximum absolute atomic E-state index is 12.2. The summed E-state index contributed by atoms with van der Waals surface area (Å²) >= 11 is 1.44. The molecular formula is C12H10N4O4S2. The third-order valence-electron chi connectivity index (χ3n) is 2.93. The number of fused-ring (bicyclic) bond motifs is 1. The van der Waals surface area contributed by atoms with Crippen molar-refractivity contribution in [2.45, 2.75) is 11.4 Å². The number of hydrogen-bond donors (Lipinski definition) is 1. The Labute approximate surface area is 129 Å². The van der Waals surface area contributed by atoms with Gasteiger partial charge in [0.1, 0.15) is 0 Å². The van der Waals surface area contributed by atoms with Gasteiger partial charge in [-0.1, -0.05) is 6.07 Å². The standard InChI is InChI=1S/C12H10N4O4S2/c17-16(18)10-2-1-3-11(6-10)22(19,20)13-7-9-8-15-4-5-21-12(15)14-9/h1-6,8,13H,7H2. The van der Waals surface area contributed by atoms with Crippen LogP contribution in [0.1, 0.15) is 5.69 Å². The van der Waals surface area contributed by atoms with Crippen molar-refractivity contribution in [3.8, 4) is 0 Å². The fourth-order valence-corrected chi connectivity index (χ4v) is 3.63. The zero-order valence-corrected chi connectivity index (χ0v) is 12.7. The number of non-ortho nitro benzene ring substituents is 1. The van der Waals surface area contributed by atoms with Gasteiger partial charge in [-0.3, -0.25) is 14.5 Å². The van der Waals surface area contributed by atoms with E-state index in [-0.39, 0.29) is 17.1 Å². The summed E-state index contributed by atoms with van der Waals surface area (Å²) < 4.78 is 28.5. The minimum atomic E-state index is -3.84. The predicted molar refractivity (Wildman–Crippen MR) is 80.2 cm³/mol. The molecule has 3 aromatic rings. The third-order valence-corrected chi connectivity index (χ3v) is 5.09. The Morgan fingerprint density at radius 2 is 2.23 bits per heavy atom. The summed E-state index contributed by atoms with van der Waals surface area (Å²) in [6.07, 6.45) is 3.55. The number of benzene rings is 1. The Balaban J connectivity index is 1.79. The average Bonchev–Trinajstić information content (AvgIpc) is 3.06. The lowest BCUT2D eigenvalue weighted by molar-refractivity contribution is -0.385. The van der Waals surface area contributed by atoms with Crippen molar-refractivity contribution in [1.29, 1.82) is 0 Å². The molecule has 1 aromatic carbocycles. The van der Waals surface area contributed by atoms with E-state index in [0.29, 0.717) is 5.69 Å². The van der Waals surface area contributed by atoms with Gasteiger partial charge in [0.15, 0.2) is 4.96 Å². The minimum Gasteiger partial charge on any atom is -0.297 e. The van der Waals surface area contributed by atoms with Crippen LogP contribution >= 0.6 is 11.3 Å². The van der Waals surface area contributed by atoms with E-state index in [9.17, 15) is 18.5 Å². The highest BCUT2D eigenvalue weighted by Crippen LogP contribution is 2.17. The van der Waals surface area contributed by atoms with Crippen LogP contribution in [-0.4, -0.2) is 22.7 Å². The molecule has 0 radical (unpaired) electrons. The SMILES string of the molecule is O=[N+]([O-])c1cccc(S(=O)(=O)NCc2cn3ccsc3n2)c1. The van der Waals surface area contributed by atoms with Gasteiger partial charge in [-0.25, -0.2) is 18.1 Å². The van der Waals surface area contributed by atoms with Gasteiger partial charge in [0.05, 0.1) is 22.1 Å². The Kier molecular flexibility index (Phi) is 3.64. The number of aromatic nitrogens is 2. The minimum absolute atomic E-state index is 0.0133. The summed E-state index contributed by atoms with van der Waals surface area (Å²) in [5, 5.41) is 12.6. The highest BCUT2D eigenvalue weighted by Gasteiger charge is 2.18. The molecule has 0 unspecified atom stereocenters. The number of hydrogen-bond acceptors (Lipinski definition) is 6.